The van der Waals surface area contributed by atoms with Crippen molar-refractivity contribution in [3.8, 4) is 0 Å². The third-order valence-corrected chi connectivity index (χ3v) is 4.41. The molecule has 2 rings (SSSR count). The number of carbonyl (C=O) groups is 1. The molecule has 0 heterocycles. The summed E-state index contributed by atoms with van der Waals surface area (Å²) in [7, 11) is 0. The fraction of sp³-hybridized carbons (Fsp3) is 0.278. The summed E-state index contributed by atoms with van der Waals surface area (Å²) in [4.78, 5) is 12.7. The molecule has 3 heteroatoms. The van der Waals surface area contributed by atoms with Crippen LogP contribution in [-0.4, -0.2) is 5.78 Å². The zero-order chi connectivity index (χ0) is 15.9. The molecule has 0 saturated carbocycles. The predicted octanol–water partition coefficient (Wildman–Crippen LogP) is 4.74. The first-order chi connectivity index (χ1) is 9.75. The van der Waals surface area contributed by atoms with E-state index >= 15 is 0 Å². The summed E-state index contributed by atoms with van der Waals surface area (Å²) in [5.41, 5.74) is 5.82. The molecule has 21 heavy (non-hydrogen) atoms. The molecule has 0 spiro atoms. The molecule has 0 radical (unpaired) electrons. The lowest BCUT2D eigenvalue weighted by Crippen LogP contribution is -2.11. The van der Waals surface area contributed by atoms with Crippen LogP contribution in [-0.2, 0) is 0 Å². The Morgan fingerprint density at radius 1 is 0.762 bits per heavy atom. The average molecular weight is 288 g/mol. The zero-order valence-corrected chi connectivity index (χ0v) is 12.9. The van der Waals surface area contributed by atoms with Crippen molar-refractivity contribution < 1.29 is 13.6 Å². The highest BCUT2D eigenvalue weighted by molar-refractivity contribution is 6.11. The normalized spacial score (nSPS) is 10.8. The largest absolute Gasteiger partial charge is 0.289 e. The van der Waals surface area contributed by atoms with Crippen LogP contribution in [0, 0.1) is 46.3 Å². The molecule has 0 aromatic heterocycles. The van der Waals surface area contributed by atoms with Gasteiger partial charge in [0.25, 0.3) is 0 Å². The first-order valence-electron chi connectivity index (χ1n) is 6.82. The highest BCUT2D eigenvalue weighted by Gasteiger charge is 2.20. The van der Waals surface area contributed by atoms with Crippen molar-refractivity contribution in [1.29, 1.82) is 0 Å². The van der Waals surface area contributed by atoms with Crippen LogP contribution >= 0.6 is 0 Å². The molecule has 0 aliphatic rings. The summed E-state index contributed by atoms with van der Waals surface area (Å²) < 4.78 is 26.4. The smallest absolute Gasteiger partial charge is 0.193 e. The quantitative estimate of drug-likeness (QED) is 0.730. The minimum Gasteiger partial charge on any atom is -0.289 e. The van der Waals surface area contributed by atoms with Crippen molar-refractivity contribution in [2.45, 2.75) is 34.6 Å². The molecule has 0 atom stereocenters. The van der Waals surface area contributed by atoms with Crippen molar-refractivity contribution in [2.24, 2.45) is 0 Å². The van der Waals surface area contributed by atoms with Crippen molar-refractivity contribution in [2.75, 3.05) is 0 Å². The lowest BCUT2D eigenvalue weighted by atomic mass is 9.86. The van der Waals surface area contributed by atoms with E-state index in [9.17, 15) is 13.6 Å². The van der Waals surface area contributed by atoms with E-state index in [0.717, 1.165) is 39.9 Å². The maximum atomic E-state index is 13.4. The van der Waals surface area contributed by atoms with Crippen molar-refractivity contribution in [3.63, 3.8) is 0 Å². The fourth-order valence-corrected chi connectivity index (χ4v) is 2.62. The Morgan fingerprint density at radius 3 is 1.71 bits per heavy atom. The Labute approximate surface area is 123 Å². The van der Waals surface area contributed by atoms with Crippen LogP contribution in [0.1, 0.15) is 43.7 Å². The number of benzene rings is 2. The SMILES string of the molecule is Cc1c(C)c(C)c(C(=O)c2ccc(F)c(F)c2)c(C)c1C. The van der Waals surface area contributed by atoms with Crippen LogP contribution in [0.2, 0.25) is 0 Å². The number of halogens is 2. The van der Waals surface area contributed by atoms with Crippen LogP contribution in [0.15, 0.2) is 18.2 Å². The Kier molecular flexibility index (Phi) is 3.95. The van der Waals surface area contributed by atoms with Crippen LogP contribution < -0.4 is 0 Å². The Hall–Kier alpha value is -2.03. The molecule has 110 valence electrons. The van der Waals surface area contributed by atoms with Crippen LogP contribution in [0.4, 0.5) is 8.78 Å². The standard InChI is InChI=1S/C18H18F2O/c1-9-10(2)12(4)17(13(5)11(9)3)18(21)14-6-7-15(19)16(20)8-14/h6-8H,1-5H3. The van der Waals surface area contributed by atoms with E-state index in [1.54, 1.807) is 0 Å². The van der Waals surface area contributed by atoms with Gasteiger partial charge in [-0.05, 0) is 80.6 Å². The fourth-order valence-electron chi connectivity index (χ4n) is 2.62. The first-order valence-corrected chi connectivity index (χ1v) is 6.82. The minimum atomic E-state index is -1.00. The molecule has 0 fully saturated rings. The molecule has 0 saturated heterocycles. The Balaban J connectivity index is 2.66. The highest BCUT2D eigenvalue weighted by Crippen LogP contribution is 2.28. The molecule has 0 unspecified atom stereocenters. The van der Waals surface area contributed by atoms with Gasteiger partial charge in [-0.15, -0.1) is 0 Å². The summed E-state index contributed by atoms with van der Waals surface area (Å²) in [5, 5.41) is 0. The summed E-state index contributed by atoms with van der Waals surface area (Å²) in [5.74, 6) is -2.22. The second-order valence-electron chi connectivity index (χ2n) is 5.46. The third-order valence-electron chi connectivity index (χ3n) is 4.41. The number of hydrogen-bond acceptors (Lipinski definition) is 1. The van der Waals surface area contributed by atoms with E-state index in [4.69, 9.17) is 0 Å². The topological polar surface area (TPSA) is 17.1 Å². The second kappa shape index (κ2) is 5.40. The van der Waals surface area contributed by atoms with Gasteiger partial charge >= 0.3 is 0 Å². The van der Waals surface area contributed by atoms with Gasteiger partial charge in [0.1, 0.15) is 0 Å². The molecular formula is C18H18F2O. The van der Waals surface area contributed by atoms with Crippen LogP contribution in [0.5, 0.6) is 0 Å². The number of carbonyl (C=O) groups excluding carboxylic acids is 1. The zero-order valence-electron chi connectivity index (χ0n) is 12.9. The molecular weight excluding hydrogens is 270 g/mol. The van der Waals surface area contributed by atoms with Gasteiger partial charge in [-0.25, -0.2) is 8.78 Å². The van der Waals surface area contributed by atoms with Crippen molar-refractivity contribution in [1.82, 2.24) is 0 Å². The van der Waals surface area contributed by atoms with Gasteiger partial charge in [-0.3, -0.25) is 4.79 Å². The van der Waals surface area contributed by atoms with E-state index in [-0.39, 0.29) is 11.3 Å². The van der Waals surface area contributed by atoms with Crippen LogP contribution in [0.25, 0.3) is 0 Å². The van der Waals surface area contributed by atoms with E-state index in [0.29, 0.717) is 5.56 Å². The number of hydrogen-bond donors (Lipinski definition) is 0. The van der Waals surface area contributed by atoms with Crippen molar-refractivity contribution >= 4 is 5.78 Å². The lowest BCUT2D eigenvalue weighted by Gasteiger charge is -2.18. The summed E-state index contributed by atoms with van der Waals surface area (Å²) in [6.45, 7) is 9.75. The van der Waals surface area contributed by atoms with E-state index < -0.39 is 11.6 Å². The van der Waals surface area contributed by atoms with Gasteiger partial charge < -0.3 is 0 Å². The summed E-state index contributed by atoms with van der Waals surface area (Å²) in [6, 6.07) is 3.27. The maximum Gasteiger partial charge on any atom is 0.193 e. The van der Waals surface area contributed by atoms with E-state index in [2.05, 4.69) is 0 Å². The number of rotatable bonds is 2. The molecule has 0 aliphatic heterocycles. The summed E-state index contributed by atoms with van der Waals surface area (Å²) >= 11 is 0. The molecule has 0 amide bonds. The van der Waals surface area contributed by atoms with Gasteiger partial charge in [0.2, 0.25) is 0 Å². The van der Waals surface area contributed by atoms with E-state index in [1.807, 2.05) is 34.6 Å². The minimum absolute atomic E-state index is 0.169. The average Bonchev–Trinajstić information content (AvgIpc) is 2.46. The number of ketones is 1. The predicted molar refractivity (Wildman–Crippen MR) is 79.9 cm³/mol. The van der Waals surface area contributed by atoms with Crippen LogP contribution in [0.3, 0.4) is 0 Å². The maximum absolute atomic E-state index is 13.4. The molecule has 0 aliphatic carbocycles. The van der Waals surface area contributed by atoms with Gasteiger partial charge in [0, 0.05) is 11.1 Å². The van der Waals surface area contributed by atoms with Gasteiger partial charge in [-0.1, -0.05) is 0 Å². The molecule has 0 bridgehead atoms. The molecule has 0 N–H and O–H groups in total. The molecule has 2 aromatic rings. The first kappa shape index (κ1) is 15.4. The van der Waals surface area contributed by atoms with Gasteiger partial charge in [0.05, 0.1) is 0 Å². The third kappa shape index (κ3) is 2.48. The van der Waals surface area contributed by atoms with Gasteiger partial charge in [0.15, 0.2) is 17.4 Å². The Bertz CT molecular complexity index is 716. The van der Waals surface area contributed by atoms with E-state index in [1.165, 1.54) is 6.07 Å². The molecule has 2 aromatic carbocycles. The molecule has 1 nitrogen and oxygen atoms in total. The van der Waals surface area contributed by atoms with Gasteiger partial charge in [-0.2, -0.15) is 0 Å². The summed E-state index contributed by atoms with van der Waals surface area (Å²) in [6.07, 6.45) is 0. The Morgan fingerprint density at radius 2 is 1.24 bits per heavy atom. The lowest BCUT2D eigenvalue weighted by molar-refractivity contribution is 0.103. The second-order valence-corrected chi connectivity index (χ2v) is 5.46. The monoisotopic (exact) mass is 288 g/mol. The highest BCUT2D eigenvalue weighted by atomic mass is 19.2. The van der Waals surface area contributed by atoms with Crippen molar-refractivity contribution in [3.05, 3.63) is 68.8 Å².